The number of aromatic nitrogens is 2. The van der Waals surface area contributed by atoms with Gasteiger partial charge in [-0.25, -0.2) is 0 Å². The van der Waals surface area contributed by atoms with Crippen LogP contribution in [0.3, 0.4) is 0 Å². The molecule has 0 saturated heterocycles. The Morgan fingerprint density at radius 2 is 2.04 bits per heavy atom. The minimum atomic E-state index is -5.51. The monoisotopic (exact) mass is 413 g/mol. The topological polar surface area (TPSA) is 110 Å². The summed E-state index contributed by atoms with van der Waals surface area (Å²) in [5.74, 6) is 0. The Hall–Kier alpha value is -2.95. The summed E-state index contributed by atoms with van der Waals surface area (Å²) in [6, 6.07) is 6.02. The number of halogens is 3. The Labute approximate surface area is 160 Å². The molecule has 0 spiro atoms. The lowest BCUT2D eigenvalue weighted by atomic mass is 10.2. The second kappa shape index (κ2) is 8.83. The molecule has 0 saturated carbocycles. The molecule has 0 amide bonds. The number of nitrogens with one attached hydrogen (secondary N) is 1. The number of hydrogen-bond donors (Lipinski definition) is 2. The van der Waals surface area contributed by atoms with E-state index in [0.717, 1.165) is 30.8 Å². The van der Waals surface area contributed by atoms with Crippen LogP contribution in [0.15, 0.2) is 47.9 Å². The first-order chi connectivity index (χ1) is 13.2. The lowest BCUT2D eigenvalue weighted by Gasteiger charge is -2.10. The molecule has 0 atom stereocenters. The Morgan fingerprint density at radius 3 is 2.61 bits per heavy atom. The van der Waals surface area contributed by atoms with E-state index in [2.05, 4.69) is 15.0 Å². The summed E-state index contributed by atoms with van der Waals surface area (Å²) in [6.07, 6.45) is 7.06. The van der Waals surface area contributed by atoms with E-state index < -0.39 is 15.5 Å². The van der Waals surface area contributed by atoms with Crippen molar-refractivity contribution in [3.8, 4) is 0 Å². The first-order valence-electron chi connectivity index (χ1n) is 8.12. The molecule has 150 valence electrons. The van der Waals surface area contributed by atoms with Crippen LogP contribution in [0.2, 0.25) is 0 Å². The van der Waals surface area contributed by atoms with Crippen molar-refractivity contribution in [3.63, 3.8) is 0 Å². The first kappa shape index (κ1) is 21.4. The SMILES string of the molecule is CCCc1cc(N=CC(=CN)c2ccc(NS(=O)(=O)C(F)(F)F)cn2)ccn1. The summed E-state index contributed by atoms with van der Waals surface area (Å²) >= 11 is 0. The number of nitrogens with zero attached hydrogens (tertiary/aromatic N) is 3. The number of aryl methyl sites for hydroxylation is 1. The predicted molar refractivity (Wildman–Crippen MR) is 101 cm³/mol. The van der Waals surface area contributed by atoms with Gasteiger partial charge in [0.1, 0.15) is 0 Å². The third-order valence-corrected chi connectivity index (χ3v) is 4.57. The minimum absolute atomic E-state index is 0.309. The maximum Gasteiger partial charge on any atom is 0.516 e. The predicted octanol–water partition coefficient (Wildman–Crippen LogP) is 3.39. The van der Waals surface area contributed by atoms with Crippen LogP contribution in [-0.2, 0) is 16.4 Å². The summed E-state index contributed by atoms with van der Waals surface area (Å²) in [6.45, 7) is 2.04. The standard InChI is InChI=1S/C17H18F3N5O2S/c1-2-3-13-8-14(6-7-22-13)23-10-12(9-21)16-5-4-15(11-24-16)25-28(26,27)17(18,19)20/h4-11,25H,2-3,21H2,1H3. The zero-order valence-corrected chi connectivity index (χ0v) is 15.6. The number of pyridine rings is 2. The van der Waals surface area contributed by atoms with E-state index in [0.29, 0.717) is 17.0 Å². The molecular formula is C17H18F3N5O2S. The fourth-order valence-electron chi connectivity index (χ4n) is 2.12. The third kappa shape index (κ3) is 5.52. The molecule has 0 aromatic carbocycles. The van der Waals surface area contributed by atoms with Crippen molar-refractivity contribution in [1.82, 2.24) is 9.97 Å². The van der Waals surface area contributed by atoms with Gasteiger partial charge in [-0.05, 0) is 30.7 Å². The minimum Gasteiger partial charge on any atom is -0.404 e. The quantitative estimate of drug-likeness (QED) is 0.676. The van der Waals surface area contributed by atoms with Gasteiger partial charge in [0.25, 0.3) is 0 Å². The lowest BCUT2D eigenvalue weighted by Crippen LogP contribution is -2.29. The van der Waals surface area contributed by atoms with Crippen LogP contribution >= 0.6 is 0 Å². The van der Waals surface area contributed by atoms with Gasteiger partial charge in [0.2, 0.25) is 0 Å². The zero-order valence-electron chi connectivity index (χ0n) is 14.8. The smallest absolute Gasteiger partial charge is 0.404 e. The molecule has 7 nitrogen and oxygen atoms in total. The Bertz CT molecular complexity index is 971. The van der Waals surface area contributed by atoms with E-state index in [9.17, 15) is 21.6 Å². The molecule has 28 heavy (non-hydrogen) atoms. The highest BCUT2D eigenvalue weighted by molar-refractivity contribution is 7.93. The average molecular weight is 413 g/mol. The molecule has 0 aliphatic carbocycles. The van der Waals surface area contributed by atoms with E-state index in [4.69, 9.17) is 5.73 Å². The molecule has 0 fully saturated rings. The first-order valence-corrected chi connectivity index (χ1v) is 9.61. The van der Waals surface area contributed by atoms with Crippen molar-refractivity contribution in [2.24, 2.45) is 10.7 Å². The molecule has 3 N–H and O–H groups in total. The Morgan fingerprint density at radius 1 is 1.29 bits per heavy atom. The highest BCUT2D eigenvalue weighted by Crippen LogP contribution is 2.25. The van der Waals surface area contributed by atoms with E-state index in [1.54, 1.807) is 12.3 Å². The van der Waals surface area contributed by atoms with Gasteiger partial charge >= 0.3 is 15.5 Å². The fraction of sp³-hybridized carbons (Fsp3) is 0.235. The summed E-state index contributed by atoms with van der Waals surface area (Å²) in [5, 5.41) is 0. The van der Waals surface area contributed by atoms with Gasteiger partial charge in [-0.3, -0.25) is 19.7 Å². The number of hydrogen-bond acceptors (Lipinski definition) is 6. The number of aliphatic imine (C=N–C) groups is 1. The third-order valence-electron chi connectivity index (χ3n) is 3.45. The van der Waals surface area contributed by atoms with Crippen LogP contribution in [0.4, 0.5) is 24.5 Å². The van der Waals surface area contributed by atoms with Crippen LogP contribution in [0.25, 0.3) is 5.57 Å². The van der Waals surface area contributed by atoms with Crippen LogP contribution in [-0.4, -0.2) is 30.1 Å². The summed E-state index contributed by atoms with van der Waals surface area (Å²) < 4.78 is 60.8. The normalized spacial score (nSPS) is 13.1. The second-order valence-corrected chi connectivity index (χ2v) is 7.29. The molecule has 0 aliphatic rings. The molecule has 11 heteroatoms. The van der Waals surface area contributed by atoms with Crippen molar-refractivity contribution >= 4 is 33.2 Å². The van der Waals surface area contributed by atoms with Crippen LogP contribution in [0, 0.1) is 0 Å². The fourth-order valence-corrected chi connectivity index (χ4v) is 2.66. The number of nitrogens with two attached hydrogens (primary N) is 1. The largest absolute Gasteiger partial charge is 0.516 e. The Kier molecular flexibility index (Phi) is 6.73. The molecule has 2 aromatic heterocycles. The van der Waals surface area contributed by atoms with Gasteiger partial charge in [0.05, 0.1) is 23.3 Å². The molecule has 0 radical (unpaired) electrons. The van der Waals surface area contributed by atoms with Crippen LogP contribution in [0.1, 0.15) is 24.7 Å². The van der Waals surface area contributed by atoms with Gasteiger partial charge in [0, 0.05) is 29.9 Å². The van der Waals surface area contributed by atoms with Crippen LogP contribution in [0.5, 0.6) is 0 Å². The van der Waals surface area contributed by atoms with E-state index in [1.165, 1.54) is 23.2 Å². The second-order valence-electron chi connectivity index (χ2n) is 5.62. The highest BCUT2D eigenvalue weighted by Gasteiger charge is 2.46. The van der Waals surface area contributed by atoms with Crippen molar-refractivity contribution in [2.45, 2.75) is 25.3 Å². The molecule has 2 rings (SSSR count). The van der Waals surface area contributed by atoms with Gasteiger partial charge in [-0.1, -0.05) is 13.3 Å². The molecular weight excluding hydrogens is 395 g/mol. The van der Waals surface area contributed by atoms with Crippen molar-refractivity contribution in [2.75, 3.05) is 4.72 Å². The number of anilines is 1. The maximum absolute atomic E-state index is 12.4. The summed E-state index contributed by atoms with van der Waals surface area (Å²) in [7, 11) is -5.51. The maximum atomic E-state index is 12.4. The molecule has 2 heterocycles. The molecule has 2 aromatic rings. The number of alkyl halides is 3. The van der Waals surface area contributed by atoms with E-state index >= 15 is 0 Å². The lowest BCUT2D eigenvalue weighted by molar-refractivity contribution is -0.0429. The summed E-state index contributed by atoms with van der Waals surface area (Å²) in [5.41, 5.74) is 2.11. The molecule has 0 aliphatic heterocycles. The highest BCUT2D eigenvalue weighted by atomic mass is 32.2. The van der Waals surface area contributed by atoms with Crippen molar-refractivity contribution < 1.29 is 21.6 Å². The van der Waals surface area contributed by atoms with Crippen molar-refractivity contribution in [1.29, 1.82) is 0 Å². The van der Waals surface area contributed by atoms with E-state index in [1.807, 2.05) is 13.0 Å². The van der Waals surface area contributed by atoms with Crippen molar-refractivity contribution in [3.05, 3.63) is 54.2 Å². The summed E-state index contributed by atoms with van der Waals surface area (Å²) in [4.78, 5) is 12.5. The average Bonchev–Trinajstić information content (AvgIpc) is 2.63. The molecule has 0 unspecified atom stereocenters. The zero-order chi connectivity index (χ0) is 20.8. The van der Waals surface area contributed by atoms with Crippen LogP contribution < -0.4 is 10.5 Å². The van der Waals surface area contributed by atoms with Gasteiger partial charge < -0.3 is 5.73 Å². The van der Waals surface area contributed by atoms with E-state index in [-0.39, 0.29) is 5.69 Å². The number of sulfonamides is 1. The van der Waals surface area contributed by atoms with Gasteiger partial charge in [-0.2, -0.15) is 21.6 Å². The molecule has 0 bridgehead atoms. The Balaban J connectivity index is 2.16. The van der Waals surface area contributed by atoms with Gasteiger partial charge in [-0.15, -0.1) is 0 Å². The number of allylic oxidation sites excluding steroid dienone is 1. The van der Waals surface area contributed by atoms with Gasteiger partial charge in [0.15, 0.2) is 0 Å². The number of rotatable bonds is 7.